The van der Waals surface area contributed by atoms with Crippen LogP contribution < -0.4 is 14.0 Å². The van der Waals surface area contributed by atoms with Gasteiger partial charge in [-0.05, 0) is 46.2 Å². The largest absolute Gasteiger partial charge is 0.493 e. The van der Waals surface area contributed by atoms with Crippen molar-refractivity contribution in [1.82, 2.24) is 4.34 Å². The van der Waals surface area contributed by atoms with E-state index in [1.165, 1.54) is 11.1 Å². The Bertz CT molecular complexity index is 1170. The normalized spacial score (nSPS) is 15.2. The SMILES string of the molecule is COc1cc(C(C)(C)C)cc2c1Oc1c(OPn3cccc3)cc(C(C)(C)C)cc1C2(C)C. The van der Waals surface area contributed by atoms with Gasteiger partial charge in [-0.1, -0.05) is 67.5 Å². The third kappa shape index (κ3) is 4.38. The predicted octanol–water partition coefficient (Wildman–Crippen LogP) is 7.96. The summed E-state index contributed by atoms with van der Waals surface area (Å²) in [6, 6.07) is 12.8. The summed E-state index contributed by atoms with van der Waals surface area (Å²) in [7, 11) is 1.85. The lowest BCUT2D eigenvalue weighted by Gasteiger charge is -2.38. The summed E-state index contributed by atoms with van der Waals surface area (Å²) in [5, 5.41) is 0. The van der Waals surface area contributed by atoms with Crippen molar-refractivity contribution in [2.75, 3.05) is 7.11 Å². The fraction of sp³-hybridized carbons (Fsp3) is 0.429. The van der Waals surface area contributed by atoms with Crippen LogP contribution in [0.5, 0.6) is 23.0 Å². The van der Waals surface area contributed by atoms with Crippen molar-refractivity contribution in [3.05, 3.63) is 71.0 Å². The number of rotatable bonds is 4. The lowest BCUT2D eigenvalue weighted by molar-refractivity contribution is 0.348. The van der Waals surface area contributed by atoms with E-state index in [0.717, 1.165) is 34.1 Å². The van der Waals surface area contributed by atoms with Crippen molar-refractivity contribution in [2.24, 2.45) is 0 Å². The quantitative estimate of drug-likeness (QED) is 0.366. The molecule has 0 bridgehead atoms. The average Bonchev–Trinajstić information content (AvgIpc) is 3.24. The van der Waals surface area contributed by atoms with Gasteiger partial charge in [0.1, 0.15) is 0 Å². The molecule has 3 aromatic rings. The molecule has 0 amide bonds. The summed E-state index contributed by atoms with van der Waals surface area (Å²) in [6.07, 6.45) is 4.02. The third-order valence-electron chi connectivity index (χ3n) is 6.48. The summed E-state index contributed by atoms with van der Waals surface area (Å²) in [4.78, 5) is 0. The molecule has 0 spiro atoms. The number of methoxy groups -OCH3 is 1. The first-order valence-electron chi connectivity index (χ1n) is 11.5. The van der Waals surface area contributed by atoms with E-state index in [2.05, 4.69) is 79.7 Å². The fourth-order valence-corrected chi connectivity index (χ4v) is 4.83. The van der Waals surface area contributed by atoms with Crippen LogP contribution in [-0.4, -0.2) is 11.4 Å². The second kappa shape index (κ2) is 8.09. The van der Waals surface area contributed by atoms with Gasteiger partial charge < -0.3 is 18.3 Å². The maximum atomic E-state index is 6.62. The molecular weight excluding hydrogens is 429 g/mol. The van der Waals surface area contributed by atoms with Crippen molar-refractivity contribution in [1.29, 1.82) is 0 Å². The first kappa shape index (κ1) is 23.7. The molecule has 33 heavy (non-hydrogen) atoms. The van der Waals surface area contributed by atoms with E-state index >= 15 is 0 Å². The zero-order valence-electron chi connectivity index (χ0n) is 21.3. The summed E-state index contributed by atoms with van der Waals surface area (Å²) in [5.41, 5.74) is 4.44. The molecule has 2 heterocycles. The molecule has 4 rings (SSSR count). The van der Waals surface area contributed by atoms with Gasteiger partial charge in [0.2, 0.25) is 0 Å². The van der Waals surface area contributed by atoms with Crippen LogP contribution in [0.2, 0.25) is 0 Å². The average molecular weight is 466 g/mol. The highest BCUT2D eigenvalue weighted by atomic mass is 31.1. The van der Waals surface area contributed by atoms with Crippen LogP contribution in [0.15, 0.2) is 48.8 Å². The van der Waals surface area contributed by atoms with Crippen molar-refractivity contribution < 1.29 is 14.0 Å². The minimum Gasteiger partial charge on any atom is -0.493 e. The van der Waals surface area contributed by atoms with E-state index in [0.29, 0.717) is 0 Å². The summed E-state index contributed by atoms with van der Waals surface area (Å²) in [5.74, 6) is 3.09. The number of hydrogen-bond acceptors (Lipinski definition) is 3. The molecule has 2 aromatic carbocycles. The number of aromatic nitrogens is 1. The first-order chi connectivity index (χ1) is 15.3. The van der Waals surface area contributed by atoms with E-state index in [1.54, 1.807) is 7.11 Å². The molecule has 1 aromatic heterocycles. The van der Waals surface area contributed by atoms with Gasteiger partial charge in [-0.15, -0.1) is 0 Å². The predicted molar refractivity (Wildman–Crippen MR) is 138 cm³/mol. The highest BCUT2D eigenvalue weighted by molar-refractivity contribution is 7.30. The van der Waals surface area contributed by atoms with Crippen LogP contribution >= 0.6 is 8.96 Å². The van der Waals surface area contributed by atoms with Gasteiger partial charge in [0, 0.05) is 28.9 Å². The first-order valence-corrected chi connectivity index (χ1v) is 12.3. The molecule has 1 aliphatic rings. The van der Waals surface area contributed by atoms with Gasteiger partial charge in [-0.2, -0.15) is 0 Å². The van der Waals surface area contributed by atoms with Crippen LogP contribution in [0.4, 0.5) is 0 Å². The smallest absolute Gasteiger partial charge is 0.181 e. The zero-order chi connectivity index (χ0) is 24.2. The van der Waals surface area contributed by atoms with E-state index in [-0.39, 0.29) is 25.2 Å². The molecule has 1 unspecified atom stereocenters. The molecule has 5 heteroatoms. The van der Waals surface area contributed by atoms with Gasteiger partial charge in [0.25, 0.3) is 0 Å². The Morgan fingerprint density at radius 1 is 0.788 bits per heavy atom. The number of hydrogen-bond donors (Lipinski definition) is 0. The molecule has 0 fully saturated rings. The molecule has 1 atom stereocenters. The van der Waals surface area contributed by atoms with Gasteiger partial charge in [0.05, 0.1) is 7.11 Å². The van der Waals surface area contributed by atoms with Gasteiger partial charge >= 0.3 is 0 Å². The Morgan fingerprint density at radius 3 is 1.76 bits per heavy atom. The number of fused-ring (bicyclic) bond motifs is 2. The number of benzene rings is 2. The van der Waals surface area contributed by atoms with Crippen molar-refractivity contribution in [3.63, 3.8) is 0 Å². The monoisotopic (exact) mass is 465 g/mol. The third-order valence-corrected chi connectivity index (χ3v) is 7.30. The van der Waals surface area contributed by atoms with E-state index in [9.17, 15) is 0 Å². The summed E-state index contributed by atoms with van der Waals surface area (Å²) < 4.78 is 20.8. The topological polar surface area (TPSA) is 32.6 Å². The van der Waals surface area contributed by atoms with Crippen LogP contribution in [0.3, 0.4) is 0 Å². The second-order valence-electron chi connectivity index (χ2n) is 11.4. The molecule has 0 N–H and O–H groups in total. The Hall–Kier alpha value is -2.45. The highest BCUT2D eigenvalue weighted by Gasteiger charge is 2.40. The Balaban J connectivity index is 1.91. The van der Waals surface area contributed by atoms with Crippen LogP contribution in [0.1, 0.15) is 77.6 Å². The number of nitrogens with zero attached hydrogens (tertiary/aromatic N) is 1. The standard InChI is InChI=1S/C28H36NO3P/c1-26(2,3)18-14-20-24(22(16-18)30-9)31-25-21(28(20,7)8)15-19(27(4,5)6)17-23(25)32-33-29-12-10-11-13-29/h10-17,33H,1-9H3. The van der Waals surface area contributed by atoms with Crippen LogP contribution in [-0.2, 0) is 16.2 Å². The second-order valence-corrected chi connectivity index (χ2v) is 12.3. The molecular formula is C28H36NO3P. The minimum absolute atomic E-state index is 0.00190. The Kier molecular flexibility index (Phi) is 5.81. The van der Waals surface area contributed by atoms with Crippen LogP contribution in [0, 0.1) is 0 Å². The van der Waals surface area contributed by atoms with Crippen LogP contribution in [0.25, 0.3) is 0 Å². The molecule has 176 valence electrons. The molecule has 0 saturated carbocycles. The van der Waals surface area contributed by atoms with E-state index < -0.39 is 0 Å². The molecule has 0 aliphatic carbocycles. The Morgan fingerprint density at radius 2 is 1.27 bits per heavy atom. The van der Waals surface area contributed by atoms with Crippen molar-refractivity contribution in [2.45, 2.75) is 71.6 Å². The molecule has 0 radical (unpaired) electrons. The van der Waals surface area contributed by atoms with Gasteiger partial charge in [-0.3, -0.25) is 0 Å². The maximum absolute atomic E-state index is 6.62. The zero-order valence-corrected chi connectivity index (χ0v) is 22.3. The Labute approximate surface area is 200 Å². The number of ether oxygens (including phenoxy) is 2. The minimum atomic E-state index is -0.284. The van der Waals surface area contributed by atoms with E-state index in [4.69, 9.17) is 14.0 Å². The fourth-order valence-electron chi connectivity index (χ4n) is 4.18. The molecule has 0 saturated heterocycles. The highest BCUT2D eigenvalue weighted by Crippen LogP contribution is 2.56. The lowest BCUT2D eigenvalue weighted by Crippen LogP contribution is -2.27. The maximum Gasteiger partial charge on any atom is 0.181 e. The van der Waals surface area contributed by atoms with E-state index in [1.807, 2.05) is 28.9 Å². The molecule has 4 nitrogen and oxygen atoms in total. The summed E-state index contributed by atoms with van der Waals surface area (Å²) >= 11 is 0. The summed E-state index contributed by atoms with van der Waals surface area (Å²) in [6.45, 7) is 17.9. The van der Waals surface area contributed by atoms with Crippen molar-refractivity contribution in [3.8, 4) is 23.0 Å². The molecule has 1 aliphatic heterocycles. The van der Waals surface area contributed by atoms with Gasteiger partial charge in [-0.25, -0.2) is 0 Å². The van der Waals surface area contributed by atoms with Gasteiger partial charge in [0.15, 0.2) is 32.0 Å². The lowest BCUT2D eigenvalue weighted by atomic mass is 9.72. The van der Waals surface area contributed by atoms with Crippen molar-refractivity contribution >= 4 is 8.96 Å².